The van der Waals surface area contributed by atoms with E-state index in [1.165, 1.54) is 0 Å². The molecule has 0 saturated heterocycles. The summed E-state index contributed by atoms with van der Waals surface area (Å²) in [6.45, 7) is 5.14. The van der Waals surface area contributed by atoms with Gasteiger partial charge in [0.15, 0.2) is 12.3 Å². The van der Waals surface area contributed by atoms with Crippen LogP contribution in [0, 0.1) is 11.8 Å². The number of alkyl halides is 2. The zero-order chi connectivity index (χ0) is 28.7. The number of benzene rings is 1. The Bertz CT molecular complexity index is 792. The predicted octanol–water partition coefficient (Wildman–Crippen LogP) is 7.70. The zero-order valence-electron chi connectivity index (χ0n) is 24.3. The lowest BCUT2D eigenvalue weighted by atomic mass is 9.88. The van der Waals surface area contributed by atoms with Crippen molar-refractivity contribution in [2.45, 2.75) is 128 Å². The molecule has 40 heavy (non-hydrogen) atoms. The summed E-state index contributed by atoms with van der Waals surface area (Å²) in [6.07, 6.45) is 6.71. The molecule has 8 heteroatoms. The molecule has 0 bridgehead atoms. The maximum atomic E-state index is 13.9. The van der Waals surface area contributed by atoms with E-state index < -0.39 is 24.3 Å². The molecule has 226 valence electrons. The highest BCUT2D eigenvalue weighted by Crippen LogP contribution is 2.30. The molecule has 0 heterocycles. The molecule has 2 aliphatic carbocycles. The minimum atomic E-state index is -1.51. The molecule has 0 radical (unpaired) electrons. The fourth-order valence-electron chi connectivity index (χ4n) is 5.37. The second kappa shape index (κ2) is 17.4. The van der Waals surface area contributed by atoms with Crippen molar-refractivity contribution in [2.24, 2.45) is 11.8 Å². The van der Waals surface area contributed by atoms with Gasteiger partial charge in [0.25, 0.3) is 0 Å². The summed E-state index contributed by atoms with van der Waals surface area (Å²) < 4.78 is 50.5. The van der Waals surface area contributed by atoms with Gasteiger partial charge in [-0.3, -0.25) is 0 Å². The van der Waals surface area contributed by atoms with Gasteiger partial charge in [0, 0.05) is 0 Å². The third-order valence-corrected chi connectivity index (χ3v) is 8.08. The largest absolute Gasteiger partial charge is 0.493 e. The van der Waals surface area contributed by atoms with Crippen molar-refractivity contribution >= 4 is 11.9 Å². The van der Waals surface area contributed by atoms with E-state index in [0.717, 1.165) is 75.7 Å². The number of halogens is 2. The smallest absolute Gasteiger partial charge is 0.340 e. The van der Waals surface area contributed by atoms with Gasteiger partial charge in [-0.15, -0.1) is 0 Å². The van der Waals surface area contributed by atoms with Crippen LogP contribution in [0.4, 0.5) is 8.78 Å². The van der Waals surface area contributed by atoms with Crippen LogP contribution in [0.5, 0.6) is 11.5 Å². The first-order valence-corrected chi connectivity index (χ1v) is 15.4. The highest BCUT2D eigenvalue weighted by molar-refractivity contribution is 5.75. The number of hydrogen-bond donors (Lipinski definition) is 0. The number of esters is 2. The maximum absolute atomic E-state index is 13.9. The molecule has 0 aliphatic heterocycles. The summed E-state index contributed by atoms with van der Waals surface area (Å²) in [4.78, 5) is 23.8. The SMILES string of the molecule is CCCC[C@@H](F)C(=O)OC1CCC(COc2ccc(OCC3CCC(OC(=O)[C@H](F)CCCC)CC3)cc2)CC1. The van der Waals surface area contributed by atoms with Crippen molar-refractivity contribution in [3.63, 3.8) is 0 Å². The molecule has 0 spiro atoms. The zero-order valence-corrected chi connectivity index (χ0v) is 24.3. The van der Waals surface area contributed by atoms with Crippen LogP contribution in [-0.2, 0) is 19.1 Å². The maximum Gasteiger partial charge on any atom is 0.340 e. The fraction of sp³-hybridized carbons (Fsp3) is 0.750. The van der Waals surface area contributed by atoms with Gasteiger partial charge < -0.3 is 18.9 Å². The Morgan fingerprint density at radius 1 is 0.675 bits per heavy atom. The molecule has 3 rings (SSSR count). The van der Waals surface area contributed by atoms with Crippen LogP contribution in [0.3, 0.4) is 0 Å². The number of carbonyl (C=O) groups is 2. The molecule has 2 fully saturated rings. The first-order chi connectivity index (χ1) is 19.4. The van der Waals surface area contributed by atoms with Crippen LogP contribution in [0.2, 0.25) is 0 Å². The van der Waals surface area contributed by atoms with E-state index in [9.17, 15) is 18.4 Å². The lowest BCUT2D eigenvalue weighted by Crippen LogP contribution is -2.30. The molecule has 0 N–H and O–H groups in total. The number of ether oxygens (including phenoxy) is 4. The first-order valence-electron chi connectivity index (χ1n) is 15.4. The monoisotopic (exact) mass is 566 g/mol. The van der Waals surface area contributed by atoms with Gasteiger partial charge in [-0.05, 0) is 100 Å². The number of unbranched alkanes of at least 4 members (excludes halogenated alkanes) is 2. The Balaban J connectivity index is 1.27. The van der Waals surface area contributed by atoms with E-state index in [2.05, 4.69) is 0 Å². The Hall–Kier alpha value is -2.38. The summed E-state index contributed by atoms with van der Waals surface area (Å²) in [5.74, 6) is 0.910. The van der Waals surface area contributed by atoms with Crippen molar-refractivity contribution in [1.29, 1.82) is 0 Å². The van der Waals surface area contributed by atoms with Crippen molar-refractivity contribution in [3.8, 4) is 11.5 Å². The molecular formula is C32H48F2O6. The van der Waals surface area contributed by atoms with E-state index in [1.54, 1.807) is 0 Å². The molecule has 0 aromatic heterocycles. The van der Waals surface area contributed by atoms with Gasteiger partial charge in [-0.2, -0.15) is 0 Å². The average Bonchev–Trinajstić information content (AvgIpc) is 2.98. The number of rotatable bonds is 16. The van der Waals surface area contributed by atoms with Crippen molar-refractivity contribution in [3.05, 3.63) is 24.3 Å². The van der Waals surface area contributed by atoms with Gasteiger partial charge in [-0.25, -0.2) is 18.4 Å². The van der Waals surface area contributed by atoms with E-state index in [-0.39, 0.29) is 25.0 Å². The summed E-state index contributed by atoms with van der Waals surface area (Å²) in [5.41, 5.74) is 0. The van der Waals surface area contributed by atoms with Crippen molar-refractivity contribution in [2.75, 3.05) is 13.2 Å². The fourth-order valence-corrected chi connectivity index (χ4v) is 5.37. The summed E-state index contributed by atoms with van der Waals surface area (Å²) in [5, 5.41) is 0. The van der Waals surface area contributed by atoms with Crippen LogP contribution in [0.15, 0.2) is 24.3 Å². The lowest BCUT2D eigenvalue weighted by Gasteiger charge is -2.29. The van der Waals surface area contributed by atoms with Crippen molar-refractivity contribution in [1.82, 2.24) is 0 Å². The van der Waals surface area contributed by atoms with Gasteiger partial charge in [0.2, 0.25) is 0 Å². The minimum absolute atomic E-state index is 0.192. The molecule has 1 aromatic carbocycles. The van der Waals surface area contributed by atoms with E-state index >= 15 is 0 Å². The second-order valence-corrected chi connectivity index (χ2v) is 11.5. The first kappa shape index (κ1) is 32.1. The highest BCUT2D eigenvalue weighted by Gasteiger charge is 2.29. The summed E-state index contributed by atoms with van der Waals surface area (Å²) >= 11 is 0. The molecule has 2 saturated carbocycles. The van der Waals surface area contributed by atoms with Crippen LogP contribution in [-0.4, -0.2) is 49.7 Å². The quantitative estimate of drug-likeness (QED) is 0.191. The highest BCUT2D eigenvalue weighted by atomic mass is 19.1. The topological polar surface area (TPSA) is 71.1 Å². The normalized spacial score (nSPS) is 24.5. The Morgan fingerprint density at radius 3 is 1.35 bits per heavy atom. The standard InChI is InChI=1S/C32H48F2O6/c1-3-5-7-29(33)31(35)39-27-13-9-23(10-14-27)21-37-25-17-19-26(20-18-25)38-22-24-11-15-28(16-12-24)40-32(36)30(34)8-6-4-2/h17-20,23-24,27-30H,3-16,21-22H2,1-2H3/t23?,24?,27?,28?,29-,30-/m1/s1. The summed E-state index contributed by atoms with van der Waals surface area (Å²) in [7, 11) is 0. The van der Waals surface area contributed by atoms with E-state index in [1.807, 2.05) is 38.1 Å². The number of hydrogen-bond acceptors (Lipinski definition) is 6. The molecule has 0 amide bonds. The Kier molecular flexibility index (Phi) is 14.0. The third-order valence-electron chi connectivity index (χ3n) is 8.08. The van der Waals surface area contributed by atoms with E-state index in [4.69, 9.17) is 18.9 Å². The van der Waals surface area contributed by atoms with Crippen LogP contribution in [0.1, 0.15) is 104 Å². The molecule has 2 atom stereocenters. The van der Waals surface area contributed by atoms with Gasteiger partial charge in [0.1, 0.15) is 23.7 Å². The minimum Gasteiger partial charge on any atom is -0.493 e. The van der Waals surface area contributed by atoms with Gasteiger partial charge in [-0.1, -0.05) is 39.5 Å². The molecular weight excluding hydrogens is 518 g/mol. The van der Waals surface area contributed by atoms with Gasteiger partial charge >= 0.3 is 11.9 Å². The van der Waals surface area contributed by atoms with E-state index in [0.29, 0.717) is 37.9 Å². The van der Waals surface area contributed by atoms with Gasteiger partial charge in [0.05, 0.1) is 13.2 Å². The van der Waals surface area contributed by atoms with Crippen LogP contribution >= 0.6 is 0 Å². The molecule has 2 aliphatic rings. The third kappa shape index (κ3) is 11.2. The van der Waals surface area contributed by atoms with Crippen molar-refractivity contribution < 1.29 is 37.3 Å². The second-order valence-electron chi connectivity index (χ2n) is 11.5. The molecule has 0 unspecified atom stereocenters. The Morgan fingerprint density at radius 2 is 1.02 bits per heavy atom. The predicted molar refractivity (Wildman–Crippen MR) is 150 cm³/mol. The average molecular weight is 567 g/mol. The molecule has 6 nitrogen and oxygen atoms in total. The van der Waals surface area contributed by atoms with Crippen LogP contribution in [0.25, 0.3) is 0 Å². The lowest BCUT2D eigenvalue weighted by molar-refractivity contribution is -0.158. The molecule has 1 aromatic rings. The number of carbonyl (C=O) groups excluding carboxylic acids is 2. The summed E-state index contributed by atoms with van der Waals surface area (Å²) in [6, 6.07) is 7.62. The Labute approximate surface area is 238 Å². The van der Waals surface area contributed by atoms with Crippen LogP contribution < -0.4 is 9.47 Å².